The average molecular weight is 531 g/mol. The molecule has 5 rings (SSSR count). The highest BCUT2D eigenvalue weighted by Gasteiger charge is 2.35. The zero-order valence-corrected chi connectivity index (χ0v) is 23.0. The van der Waals surface area contributed by atoms with Gasteiger partial charge in [0.05, 0.1) is 11.1 Å². The van der Waals surface area contributed by atoms with Gasteiger partial charge in [0.2, 0.25) is 5.91 Å². The number of amides is 1. The highest BCUT2D eigenvalue weighted by molar-refractivity contribution is 6.06. The lowest BCUT2D eigenvalue weighted by molar-refractivity contribution is -0.152. The minimum Gasteiger partial charge on any atom is -0.461 e. The number of anilines is 1. The zero-order chi connectivity index (χ0) is 27.9. The van der Waals surface area contributed by atoms with Gasteiger partial charge < -0.3 is 21.5 Å². The molecule has 1 amide bonds. The van der Waals surface area contributed by atoms with E-state index in [0.717, 1.165) is 59.8 Å². The topological polar surface area (TPSA) is 129 Å². The lowest BCUT2D eigenvalue weighted by Gasteiger charge is -2.31. The minimum atomic E-state index is -0.614. The summed E-state index contributed by atoms with van der Waals surface area (Å²) in [4.78, 5) is 37.4. The Balaban J connectivity index is 1.42. The molecule has 1 aliphatic heterocycles. The number of ether oxygens (including phenoxy) is 1. The van der Waals surface area contributed by atoms with Gasteiger partial charge in [-0.2, -0.15) is 0 Å². The molecule has 39 heavy (non-hydrogen) atoms. The lowest BCUT2D eigenvalue weighted by atomic mass is 9.80. The molecule has 2 aliphatic rings. The van der Waals surface area contributed by atoms with Crippen LogP contribution in [0.25, 0.3) is 22.0 Å². The van der Waals surface area contributed by atoms with E-state index in [9.17, 15) is 14.4 Å². The van der Waals surface area contributed by atoms with Crippen LogP contribution < -0.4 is 16.8 Å². The molecule has 1 fully saturated rings. The fourth-order valence-corrected chi connectivity index (χ4v) is 6.11. The predicted octanol–water partition coefficient (Wildman–Crippen LogP) is 4.88. The van der Waals surface area contributed by atoms with Gasteiger partial charge in [0.15, 0.2) is 0 Å². The average Bonchev–Trinajstić information content (AvgIpc) is 3.21. The van der Waals surface area contributed by atoms with Gasteiger partial charge in [0.25, 0.3) is 5.91 Å². The van der Waals surface area contributed by atoms with Gasteiger partial charge in [-0.25, -0.2) is 0 Å². The molecule has 1 aliphatic carbocycles. The van der Waals surface area contributed by atoms with Crippen LogP contribution in [-0.2, 0) is 16.0 Å². The number of para-hydroxylation sites is 1. The van der Waals surface area contributed by atoms with Gasteiger partial charge in [-0.3, -0.25) is 19.0 Å². The van der Waals surface area contributed by atoms with Crippen molar-refractivity contribution in [1.29, 1.82) is 0 Å². The molecule has 0 radical (unpaired) electrons. The maximum atomic E-state index is 13.2. The third-order valence-electron chi connectivity index (χ3n) is 8.10. The number of nitrogens with two attached hydrogens (primary N) is 2. The second-order valence-electron chi connectivity index (χ2n) is 12.0. The van der Waals surface area contributed by atoms with Crippen molar-refractivity contribution >= 4 is 34.4 Å². The van der Waals surface area contributed by atoms with Crippen LogP contribution >= 0.6 is 0 Å². The fourth-order valence-electron chi connectivity index (χ4n) is 6.11. The molecule has 1 atom stereocenters. The standard InChI is InChI=1S/C31H38N4O4/c1-18(32)30(38)39-21-11-8-19(9-12-21)17-34-24-14-20(10-13-22(24)29(33)37)28-23-6-4-5-7-25(23)35-26(28)15-31(2,3)16-27(35)36/h4-7,10,13-14,18-19,21,34H,8-9,11-12,15-17,32H2,1-3H3,(H2,33,37)/t18-,19?,21?/m0/s1. The first kappa shape index (κ1) is 26.9. The molecule has 1 saturated carbocycles. The Bertz CT molecular complexity index is 1430. The molecular formula is C31H38N4O4. The number of nitrogens with zero attached hydrogens (tertiary/aromatic N) is 1. The van der Waals surface area contributed by atoms with Crippen LogP contribution in [0.5, 0.6) is 0 Å². The molecule has 0 saturated heterocycles. The highest BCUT2D eigenvalue weighted by atomic mass is 16.5. The number of rotatable bonds is 7. The van der Waals surface area contributed by atoms with Crippen molar-refractivity contribution in [2.45, 2.75) is 71.4 Å². The molecule has 8 nitrogen and oxygen atoms in total. The monoisotopic (exact) mass is 530 g/mol. The van der Waals surface area contributed by atoms with Gasteiger partial charge >= 0.3 is 5.97 Å². The first-order valence-corrected chi connectivity index (χ1v) is 13.8. The molecular weight excluding hydrogens is 492 g/mol. The van der Waals surface area contributed by atoms with Crippen molar-refractivity contribution in [2.75, 3.05) is 11.9 Å². The van der Waals surface area contributed by atoms with Gasteiger partial charge in [-0.15, -0.1) is 0 Å². The summed E-state index contributed by atoms with van der Waals surface area (Å²) in [7, 11) is 0. The van der Waals surface area contributed by atoms with Crippen LogP contribution in [0.15, 0.2) is 42.5 Å². The molecule has 0 spiro atoms. The van der Waals surface area contributed by atoms with Crippen molar-refractivity contribution < 1.29 is 19.1 Å². The second-order valence-corrected chi connectivity index (χ2v) is 12.0. The van der Waals surface area contributed by atoms with Crippen molar-refractivity contribution in [2.24, 2.45) is 22.8 Å². The summed E-state index contributed by atoms with van der Waals surface area (Å²) in [5, 5.41) is 4.52. The lowest BCUT2D eigenvalue weighted by Crippen LogP contribution is -2.34. The summed E-state index contributed by atoms with van der Waals surface area (Å²) in [6.07, 6.45) is 4.58. The summed E-state index contributed by atoms with van der Waals surface area (Å²) in [6.45, 7) is 6.57. The predicted molar refractivity (Wildman–Crippen MR) is 153 cm³/mol. The summed E-state index contributed by atoms with van der Waals surface area (Å²) in [6, 6.07) is 13.1. The van der Waals surface area contributed by atoms with E-state index in [1.54, 1.807) is 13.0 Å². The normalized spacial score (nSPS) is 21.3. The van der Waals surface area contributed by atoms with Crippen LogP contribution in [0.2, 0.25) is 0 Å². The van der Waals surface area contributed by atoms with Gasteiger partial charge in [-0.05, 0) is 74.1 Å². The van der Waals surface area contributed by atoms with Gasteiger partial charge in [0, 0.05) is 35.3 Å². The second kappa shape index (κ2) is 10.5. The van der Waals surface area contributed by atoms with Gasteiger partial charge in [-0.1, -0.05) is 38.1 Å². The molecule has 0 unspecified atom stereocenters. The van der Waals surface area contributed by atoms with E-state index in [2.05, 4.69) is 25.2 Å². The number of nitrogens with one attached hydrogen (secondary N) is 1. The number of esters is 1. The Morgan fingerprint density at radius 1 is 1.10 bits per heavy atom. The molecule has 2 aromatic carbocycles. The van der Waals surface area contributed by atoms with Crippen LogP contribution in [0, 0.1) is 11.3 Å². The fraction of sp³-hybridized carbons (Fsp3) is 0.452. The summed E-state index contributed by atoms with van der Waals surface area (Å²) in [5.74, 6) is -0.361. The molecule has 2 heterocycles. The van der Waals surface area contributed by atoms with E-state index in [4.69, 9.17) is 16.2 Å². The molecule has 206 valence electrons. The first-order valence-electron chi connectivity index (χ1n) is 13.8. The van der Waals surface area contributed by atoms with E-state index >= 15 is 0 Å². The number of aromatic nitrogens is 1. The Morgan fingerprint density at radius 3 is 2.51 bits per heavy atom. The molecule has 1 aromatic heterocycles. The Morgan fingerprint density at radius 2 is 1.82 bits per heavy atom. The number of benzene rings is 2. The largest absolute Gasteiger partial charge is 0.461 e. The Kier molecular flexibility index (Phi) is 7.25. The number of carbonyl (C=O) groups excluding carboxylic acids is 3. The molecule has 3 aromatic rings. The third-order valence-corrected chi connectivity index (χ3v) is 8.10. The quantitative estimate of drug-likeness (QED) is 0.373. The third kappa shape index (κ3) is 5.43. The van der Waals surface area contributed by atoms with Crippen molar-refractivity contribution in [3.8, 4) is 11.1 Å². The molecule has 8 heteroatoms. The van der Waals surface area contributed by atoms with E-state index in [0.29, 0.717) is 30.1 Å². The van der Waals surface area contributed by atoms with Crippen LogP contribution in [0.4, 0.5) is 5.69 Å². The maximum Gasteiger partial charge on any atom is 0.322 e. The minimum absolute atomic E-state index is 0.0921. The first-order chi connectivity index (χ1) is 18.5. The van der Waals surface area contributed by atoms with Crippen molar-refractivity contribution in [3.05, 3.63) is 53.7 Å². The number of primary amides is 1. The van der Waals surface area contributed by atoms with Crippen molar-refractivity contribution in [3.63, 3.8) is 0 Å². The smallest absolute Gasteiger partial charge is 0.322 e. The zero-order valence-electron chi connectivity index (χ0n) is 23.0. The van der Waals surface area contributed by atoms with E-state index in [-0.39, 0.29) is 23.4 Å². The molecule has 0 bridgehead atoms. The van der Waals surface area contributed by atoms with Crippen molar-refractivity contribution in [1.82, 2.24) is 4.57 Å². The maximum absolute atomic E-state index is 13.2. The number of hydrogen-bond acceptors (Lipinski definition) is 6. The highest BCUT2D eigenvalue weighted by Crippen LogP contribution is 2.43. The SMILES string of the molecule is C[C@H](N)C(=O)OC1CCC(CNc2cc(-c3c4n(c5ccccc35)C(=O)CC(C)(C)C4)ccc2C(N)=O)CC1. The van der Waals surface area contributed by atoms with E-state index < -0.39 is 11.9 Å². The number of fused-ring (bicyclic) bond motifs is 3. The molecule has 5 N–H and O–H groups in total. The van der Waals surface area contributed by atoms with Crippen LogP contribution in [0.3, 0.4) is 0 Å². The van der Waals surface area contributed by atoms with Crippen LogP contribution in [-0.4, -0.2) is 41.0 Å². The van der Waals surface area contributed by atoms with E-state index in [1.807, 2.05) is 34.9 Å². The number of carbonyl (C=O) groups is 3. The van der Waals surface area contributed by atoms with E-state index in [1.165, 1.54) is 0 Å². The number of hydrogen-bond donors (Lipinski definition) is 3. The summed E-state index contributed by atoms with van der Waals surface area (Å²) >= 11 is 0. The Hall–Kier alpha value is -3.65. The Labute approximate surface area is 229 Å². The summed E-state index contributed by atoms with van der Waals surface area (Å²) in [5.41, 5.74) is 16.3. The van der Waals surface area contributed by atoms with Gasteiger partial charge in [0.1, 0.15) is 12.1 Å². The summed E-state index contributed by atoms with van der Waals surface area (Å²) < 4.78 is 7.38. The van der Waals surface area contributed by atoms with Crippen LogP contribution in [0.1, 0.15) is 73.7 Å².